The van der Waals surface area contributed by atoms with Crippen LogP contribution in [0, 0.1) is 0 Å². The smallest absolute Gasteiger partial charge is 0.267 e. The summed E-state index contributed by atoms with van der Waals surface area (Å²) in [7, 11) is -2.00. The fraction of sp³-hybridized carbons (Fsp3) is 0.312. The van der Waals surface area contributed by atoms with Gasteiger partial charge in [-0.15, -0.1) is 0 Å². The first-order valence-electron chi connectivity index (χ1n) is 7.59. The molecule has 0 radical (unpaired) electrons. The van der Waals surface area contributed by atoms with Crippen molar-refractivity contribution in [1.82, 2.24) is 14.7 Å². The van der Waals surface area contributed by atoms with E-state index in [0.717, 1.165) is 4.68 Å². The maximum absolute atomic E-state index is 12.5. The Hall–Kier alpha value is -2.68. The Balaban J connectivity index is 1.63. The van der Waals surface area contributed by atoms with Gasteiger partial charge in [-0.2, -0.15) is 5.10 Å². The number of hydrogen-bond donors (Lipinski definition) is 0. The number of carbonyl (C=O) groups excluding carboxylic acids is 1. The lowest BCUT2D eigenvalue weighted by Gasteiger charge is -2.38. The van der Waals surface area contributed by atoms with E-state index < -0.39 is 15.1 Å². The zero-order chi connectivity index (χ0) is 18.0. The van der Waals surface area contributed by atoms with Gasteiger partial charge in [-0.05, 0) is 30.3 Å². The molecule has 2 heterocycles. The molecule has 0 saturated carbocycles. The number of ether oxygens (including phenoxy) is 1. The molecule has 132 valence electrons. The molecule has 1 aromatic carbocycles. The first kappa shape index (κ1) is 17.2. The van der Waals surface area contributed by atoms with Crippen LogP contribution in [0.15, 0.2) is 52.3 Å². The number of benzene rings is 1. The van der Waals surface area contributed by atoms with Crippen LogP contribution in [0.2, 0.25) is 0 Å². The number of aromatic nitrogens is 2. The van der Waals surface area contributed by atoms with E-state index in [0.29, 0.717) is 5.75 Å². The Kier molecular flexibility index (Phi) is 4.58. The lowest BCUT2D eigenvalue weighted by atomic mass is 10.2. The molecule has 0 atom stereocenters. The fourth-order valence-electron chi connectivity index (χ4n) is 2.53. The van der Waals surface area contributed by atoms with Gasteiger partial charge in [0.1, 0.15) is 17.5 Å². The van der Waals surface area contributed by atoms with Crippen molar-refractivity contribution in [1.29, 1.82) is 0 Å². The maximum Gasteiger partial charge on any atom is 0.267 e. The molecule has 1 amide bonds. The highest BCUT2D eigenvalue weighted by molar-refractivity contribution is 7.92. The number of likely N-dealkylation sites (tertiary alicyclic amines) is 1. The van der Waals surface area contributed by atoms with Crippen LogP contribution in [0.4, 0.5) is 0 Å². The second-order valence-corrected chi connectivity index (χ2v) is 7.89. The lowest BCUT2D eigenvalue weighted by Crippen LogP contribution is -2.57. The summed E-state index contributed by atoms with van der Waals surface area (Å²) in [5.74, 6) is 0.243. The highest BCUT2D eigenvalue weighted by Gasteiger charge is 2.40. The predicted octanol–water partition coefficient (Wildman–Crippen LogP) is -0.0634. The lowest BCUT2D eigenvalue weighted by molar-refractivity contribution is -0.135. The molecule has 1 saturated heterocycles. The van der Waals surface area contributed by atoms with E-state index in [2.05, 4.69) is 5.10 Å². The van der Waals surface area contributed by atoms with Crippen molar-refractivity contribution in [2.75, 3.05) is 20.2 Å². The minimum atomic E-state index is -3.51. The number of methoxy groups -OCH3 is 1. The van der Waals surface area contributed by atoms with Gasteiger partial charge < -0.3 is 9.64 Å². The highest BCUT2D eigenvalue weighted by atomic mass is 32.2. The van der Waals surface area contributed by atoms with Gasteiger partial charge in [-0.25, -0.2) is 13.1 Å². The first-order chi connectivity index (χ1) is 11.9. The van der Waals surface area contributed by atoms with E-state index >= 15 is 0 Å². The van der Waals surface area contributed by atoms with E-state index in [1.54, 1.807) is 12.1 Å². The predicted molar refractivity (Wildman–Crippen MR) is 89.0 cm³/mol. The second-order valence-electron chi connectivity index (χ2n) is 5.66. The molecule has 1 aromatic heterocycles. The Labute approximate surface area is 144 Å². The Bertz CT molecular complexity index is 931. The van der Waals surface area contributed by atoms with Gasteiger partial charge in [0.05, 0.1) is 12.0 Å². The van der Waals surface area contributed by atoms with Crippen molar-refractivity contribution in [3.05, 3.63) is 52.9 Å². The van der Waals surface area contributed by atoms with Crippen LogP contribution in [0.5, 0.6) is 5.75 Å². The number of rotatable bonds is 5. The molecule has 1 aliphatic heterocycles. The summed E-state index contributed by atoms with van der Waals surface area (Å²) in [6, 6.07) is 8.96. The molecule has 1 aliphatic rings. The summed E-state index contributed by atoms with van der Waals surface area (Å²) in [5, 5.41) is 3.17. The van der Waals surface area contributed by atoms with Crippen LogP contribution >= 0.6 is 0 Å². The molecular formula is C16H17N3O5S. The third-order valence-corrected chi connectivity index (χ3v) is 6.20. The molecule has 1 fully saturated rings. The minimum Gasteiger partial charge on any atom is -0.497 e. The standard InChI is InChI=1S/C16H17N3O5S/c1-24-12-4-6-13(7-5-12)25(22,23)14-9-18(10-14)16(21)11-19-15(20)3-2-8-17-19/h2-8,14H,9-11H2,1H3. The van der Waals surface area contributed by atoms with Crippen molar-refractivity contribution in [2.24, 2.45) is 0 Å². The largest absolute Gasteiger partial charge is 0.497 e. The van der Waals surface area contributed by atoms with Crippen LogP contribution < -0.4 is 10.3 Å². The number of nitrogens with zero attached hydrogens (tertiary/aromatic N) is 3. The van der Waals surface area contributed by atoms with E-state index in [9.17, 15) is 18.0 Å². The molecule has 9 heteroatoms. The highest BCUT2D eigenvalue weighted by Crippen LogP contribution is 2.25. The minimum absolute atomic E-state index is 0.106. The van der Waals surface area contributed by atoms with Crippen molar-refractivity contribution >= 4 is 15.7 Å². The fourth-order valence-corrected chi connectivity index (χ4v) is 4.18. The Morgan fingerprint density at radius 2 is 1.92 bits per heavy atom. The zero-order valence-electron chi connectivity index (χ0n) is 13.5. The number of sulfone groups is 1. The molecule has 3 rings (SSSR count). The normalized spacial score (nSPS) is 14.8. The van der Waals surface area contributed by atoms with Gasteiger partial charge in [0.15, 0.2) is 9.84 Å². The quantitative estimate of drug-likeness (QED) is 0.738. The topological polar surface area (TPSA) is 98.6 Å². The molecule has 0 aliphatic carbocycles. The molecule has 0 unspecified atom stereocenters. The summed E-state index contributed by atoms with van der Waals surface area (Å²) in [4.78, 5) is 25.3. The van der Waals surface area contributed by atoms with Gasteiger partial charge in [0, 0.05) is 25.4 Å². The Morgan fingerprint density at radius 1 is 1.24 bits per heavy atom. The van der Waals surface area contributed by atoms with Gasteiger partial charge in [0.25, 0.3) is 5.56 Å². The maximum atomic E-state index is 12.5. The van der Waals surface area contributed by atoms with Gasteiger partial charge >= 0.3 is 0 Å². The van der Waals surface area contributed by atoms with Gasteiger partial charge in [0.2, 0.25) is 5.91 Å². The third-order valence-electron chi connectivity index (χ3n) is 4.10. The number of carbonyl (C=O) groups is 1. The average molecular weight is 363 g/mol. The summed E-state index contributed by atoms with van der Waals surface area (Å²) >= 11 is 0. The number of amides is 1. The third kappa shape index (κ3) is 3.41. The SMILES string of the molecule is COc1ccc(S(=O)(=O)C2CN(C(=O)Cn3ncccc3=O)C2)cc1. The van der Waals surface area contributed by atoms with Crippen LogP contribution in [-0.4, -0.2) is 54.5 Å². The number of hydrogen-bond acceptors (Lipinski definition) is 6. The van der Waals surface area contributed by atoms with E-state index in [1.807, 2.05) is 0 Å². The van der Waals surface area contributed by atoms with Crippen molar-refractivity contribution < 1.29 is 17.9 Å². The van der Waals surface area contributed by atoms with E-state index in [4.69, 9.17) is 4.74 Å². The Morgan fingerprint density at radius 3 is 2.52 bits per heavy atom. The van der Waals surface area contributed by atoms with Crippen LogP contribution in [0.3, 0.4) is 0 Å². The molecule has 2 aromatic rings. The summed E-state index contributed by atoms with van der Waals surface area (Å²) in [5.41, 5.74) is -0.376. The summed E-state index contributed by atoms with van der Waals surface area (Å²) < 4.78 is 31.2. The van der Waals surface area contributed by atoms with Crippen molar-refractivity contribution in [3.8, 4) is 5.75 Å². The molecule has 8 nitrogen and oxygen atoms in total. The van der Waals surface area contributed by atoms with Crippen LogP contribution in [0.25, 0.3) is 0 Å². The van der Waals surface area contributed by atoms with Crippen molar-refractivity contribution in [3.63, 3.8) is 0 Å². The molecule has 25 heavy (non-hydrogen) atoms. The van der Waals surface area contributed by atoms with Crippen LogP contribution in [0.1, 0.15) is 0 Å². The van der Waals surface area contributed by atoms with Gasteiger partial charge in [-0.1, -0.05) is 0 Å². The molecule has 0 bridgehead atoms. The second kappa shape index (κ2) is 6.67. The molecular weight excluding hydrogens is 346 g/mol. The van der Waals surface area contributed by atoms with E-state index in [-0.39, 0.29) is 36.0 Å². The monoisotopic (exact) mass is 363 g/mol. The van der Waals surface area contributed by atoms with E-state index in [1.165, 1.54) is 42.5 Å². The van der Waals surface area contributed by atoms with Crippen molar-refractivity contribution in [2.45, 2.75) is 16.7 Å². The average Bonchev–Trinajstić information content (AvgIpc) is 2.55. The molecule has 0 N–H and O–H groups in total. The first-order valence-corrected chi connectivity index (χ1v) is 9.14. The summed E-state index contributed by atoms with van der Waals surface area (Å²) in [6.45, 7) is 0.0124. The zero-order valence-corrected chi connectivity index (χ0v) is 14.3. The molecule has 0 spiro atoms. The van der Waals surface area contributed by atoms with Crippen LogP contribution in [-0.2, 0) is 21.2 Å². The van der Waals surface area contributed by atoms with Gasteiger partial charge in [-0.3, -0.25) is 9.59 Å². The summed E-state index contributed by atoms with van der Waals surface area (Å²) in [6.07, 6.45) is 1.42.